The Morgan fingerprint density at radius 2 is 1.90 bits per heavy atom. The van der Waals surface area contributed by atoms with E-state index in [0.29, 0.717) is 17.0 Å². The first-order valence-corrected chi connectivity index (χ1v) is 7.17. The maximum Gasteiger partial charge on any atom is 0.338 e. The van der Waals surface area contributed by atoms with Gasteiger partial charge in [0.25, 0.3) is 0 Å². The summed E-state index contributed by atoms with van der Waals surface area (Å²) >= 11 is 6.82. The van der Waals surface area contributed by atoms with Gasteiger partial charge in [0.05, 0.1) is 11.1 Å². The molecule has 5 nitrogen and oxygen atoms in total. The van der Waals surface area contributed by atoms with Crippen molar-refractivity contribution in [3.63, 3.8) is 0 Å². The quantitative estimate of drug-likeness (QED) is 0.689. The molecule has 0 amide bonds. The second-order valence-corrected chi connectivity index (χ2v) is 5.94. The number of hydrogen-bond acceptors (Lipinski definition) is 3. The average Bonchev–Trinajstić information content (AvgIpc) is 2.80. The first-order valence-electron chi connectivity index (χ1n) is 5.59. The van der Waals surface area contributed by atoms with E-state index in [1.807, 2.05) is 18.2 Å². The van der Waals surface area contributed by atoms with Crippen LogP contribution in [0.15, 0.2) is 39.4 Å². The monoisotopic (exact) mass is 395 g/mol. The molecule has 2 heterocycles. The first kappa shape index (κ1) is 13.3. The molecule has 0 saturated carbocycles. The number of pyridine rings is 1. The minimum atomic E-state index is -1.01. The number of fused-ring (bicyclic) bond motifs is 1. The van der Waals surface area contributed by atoms with Crippen molar-refractivity contribution in [1.29, 1.82) is 0 Å². The van der Waals surface area contributed by atoms with E-state index >= 15 is 0 Å². The molecule has 0 aliphatic rings. The highest BCUT2D eigenvalue weighted by Crippen LogP contribution is 2.27. The lowest BCUT2D eigenvalue weighted by Crippen LogP contribution is -1.97. The Balaban J connectivity index is 2.23. The molecule has 0 unspecified atom stereocenters. The van der Waals surface area contributed by atoms with Crippen LogP contribution in [0.1, 0.15) is 10.4 Å². The number of carboxylic acid groups (broad SMARTS) is 1. The number of H-pyrrole nitrogens is 1. The van der Waals surface area contributed by atoms with Gasteiger partial charge in [-0.3, -0.25) is 0 Å². The van der Waals surface area contributed by atoms with Crippen LogP contribution in [0.4, 0.5) is 0 Å². The van der Waals surface area contributed by atoms with Gasteiger partial charge in [0.1, 0.15) is 5.82 Å². The van der Waals surface area contributed by atoms with Gasteiger partial charge in [-0.05, 0) is 24.3 Å². The van der Waals surface area contributed by atoms with E-state index in [-0.39, 0.29) is 5.56 Å². The minimum Gasteiger partial charge on any atom is -0.478 e. The van der Waals surface area contributed by atoms with Crippen molar-refractivity contribution >= 4 is 49.0 Å². The third-order valence-electron chi connectivity index (χ3n) is 2.76. The molecule has 0 aliphatic carbocycles. The van der Waals surface area contributed by atoms with E-state index < -0.39 is 5.97 Å². The Morgan fingerprint density at radius 1 is 1.20 bits per heavy atom. The second-order valence-electron chi connectivity index (χ2n) is 4.11. The predicted octanol–water partition coefficient (Wildman–Crippen LogP) is 3.85. The summed E-state index contributed by atoms with van der Waals surface area (Å²) in [6.45, 7) is 0. The molecule has 0 saturated heterocycles. The Hall–Kier alpha value is -1.73. The van der Waals surface area contributed by atoms with Crippen LogP contribution < -0.4 is 0 Å². The van der Waals surface area contributed by atoms with Gasteiger partial charge in [0.15, 0.2) is 5.65 Å². The van der Waals surface area contributed by atoms with Crippen LogP contribution in [0.2, 0.25) is 0 Å². The van der Waals surface area contributed by atoms with E-state index in [0.717, 1.165) is 14.5 Å². The van der Waals surface area contributed by atoms with Crippen molar-refractivity contribution in [3.05, 3.63) is 45.0 Å². The van der Waals surface area contributed by atoms with Gasteiger partial charge >= 0.3 is 5.97 Å². The van der Waals surface area contributed by atoms with E-state index in [1.165, 1.54) is 12.3 Å². The van der Waals surface area contributed by atoms with Crippen LogP contribution in [-0.2, 0) is 0 Å². The molecule has 0 spiro atoms. The Bertz CT molecular complexity index is 809. The van der Waals surface area contributed by atoms with Gasteiger partial charge < -0.3 is 10.1 Å². The maximum absolute atomic E-state index is 11.2. The Morgan fingerprint density at radius 3 is 2.55 bits per heavy atom. The van der Waals surface area contributed by atoms with Crippen molar-refractivity contribution in [2.45, 2.75) is 0 Å². The highest BCUT2D eigenvalue weighted by Gasteiger charge is 2.14. The lowest BCUT2D eigenvalue weighted by Gasteiger charge is -1.99. The van der Waals surface area contributed by atoms with Crippen molar-refractivity contribution in [2.75, 3.05) is 0 Å². The van der Waals surface area contributed by atoms with E-state index in [4.69, 9.17) is 5.11 Å². The van der Waals surface area contributed by atoms with Crippen molar-refractivity contribution in [2.24, 2.45) is 0 Å². The largest absolute Gasteiger partial charge is 0.478 e. The summed E-state index contributed by atoms with van der Waals surface area (Å²) in [6, 6.07) is 7.14. The molecule has 3 rings (SSSR count). The van der Waals surface area contributed by atoms with Crippen LogP contribution in [0.25, 0.3) is 22.6 Å². The number of hydrogen-bond donors (Lipinski definition) is 2. The number of rotatable bonds is 2. The van der Waals surface area contributed by atoms with Gasteiger partial charge in [-0.2, -0.15) is 0 Å². The minimum absolute atomic E-state index is 0.155. The summed E-state index contributed by atoms with van der Waals surface area (Å²) < 4.78 is 1.79. The SMILES string of the molecule is O=C(O)c1ccnc2nc(-c3cc(Br)cc(Br)c3)[nH]c12. The zero-order chi connectivity index (χ0) is 14.3. The van der Waals surface area contributed by atoms with Crippen LogP contribution in [-0.4, -0.2) is 26.0 Å². The molecule has 0 bridgehead atoms. The highest BCUT2D eigenvalue weighted by atomic mass is 79.9. The summed E-state index contributed by atoms with van der Waals surface area (Å²) in [5.41, 5.74) is 1.80. The van der Waals surface area contributed by atoms with Crippen molar-refractivity contribution < 1.29 is 9.90 Å². The number of aromatic amines is 1. The van der Waals surface area contributed by atoms with E-state index in [1.54, 1.807) is 0 Å². The summed E-state index contributed by atoms with van der Waals surface area (Å²) in [5.74, 6) is -0.439. The van der Waals surface area contributed by atoms with Gasteiger partial charge in [-0.25, -0.2) is 14.8 Å². The zero-order valence-corrected chi connectivity index (χ0v) is 13.1. The number of aromatic carboxylic acids is 1. The number of aromatic nitrogens is 3. The summed E-state index contributed by atoms with van der Waals surface area (Å²) in [5, 5.41) is 9.16. The summed E-state index contributed by atoms with van der Waals surface area (Å²) in [7, 11) is 0. The van der Waals surface area contributed by atoms with Crippen LogP contribution >= 0.6 is 31.9 Å². The Labute approximate surface area is 130 Å². The van der Waals surface area contributed by atoms with E-state index in [2.05, 4.69) is 46.8 Å². The normalized spacial score (nSPS) is 10.9. The average molecular weight is 397 g/mol. The molecule has 1 aromatic carbocycles. The standard InChI is InChI=1S/C13H7Br2N3O2/c14-7-3-6(4-8(15)5-7)11-17-10-9(13(19)20)1-2-16-12(10)18-11/h1-5H,(H,19,20)(H,16,17,18). The lowest BCUT2D eigenvalue weighted by molar-refractivity contribution is 0.0699. The number of carboxylic acids is 1. The molecule has 0 aliphatic heterocycles. The molecule has 0 atom stereocenters. The molecule has 3 aromatic rings. The van der Waals surface area contributed by atoms with Crippen LogP contribution in [0, 0.1) is 0 Å². The van der Waals surface area contributed by atoms with Crippen molar-refractivity contribution in [1.82, 2.24) is 15.0 Å². The fourth-order valence-electron chi connectivity index (χ4n) is 1.92. The molecule has 7 heteroatoms. The van der Waals surface area contributed by atoms with Crippen molar-refractivity contribution in [3.8, 4) is 11.4 Å². The third kappa shape index (κ3) is 2.34. The number of carbonyl (C=O) groups is 1. The summed E-state index contributed by atoms with van der Waals surface area (Å²) in [4.78, 5) is 22.6. The van der Waals surface area contributed by atoms with Gasteiger partial charge in [0, 0.05) is 20.7 Å². The highest BCUT2D eigenvalue weighted by molar-refractivity contribution is 9.11. The number of nitrogens with one attached hydrogen (secondary N) is 1. The fraction of sp³-hybridized carbons (Fsp3) is 0. The number of nitrogens with zero attached hydrogens (tertiary/aromatic N) is 2. The molecule has 0 fully saturated rings. The summed E-state index contributed by atoms with van der Waals surface area (Å²) in [6.07, 6.45) is 1.44. The number of imidazole rings is 1. The maximum atomic E-state index is 11.2. The molecule has 2 N–H and O–H groups in total. The fourth-order valence-corrected chi connectivity index (χ4v) is 3.21. The third-order valence-corrected chi connectivity index (χ3v) is 3.67. The topological polar surface area (TPSA) is 78.9 Å². The number of halogens is 2. The zero-order valence-electron chi connectivity index (χ0n) is 9.89. The molecular formula is C13H7Br2N3O2. The second kappa shape index (κ2) is 4.99. The molecule has 20 heavy (non-hydrogen) atoms. The number of benzene rings is 1. The molecule has 100 valence electrons. The Kier molecular flexibility index (Phi) is 3.31. The molecule has 0 radical (unpaired) electrons. The molecular weight excluding hydrogens is 390 g/mol. The van der Waals surface area contributed by atoms with Crippen LogP contribution in [0.5, 0.6) is 0 Å². The molecule has 2 aromatic heterocycles. The van der Waals surface area contributed by atoms with Crippen LogP contribution in [0.3, 0.4) is 0 Å². The smallest absolute Gasteiger partial charge is 0.338 e. The van der Waals surface area contributed by atoms with Gasteiger partial charge in [-0.1, -0.05) is 31.9 Å². The van der Waals surface area contributed by atoms with Gasteiger partial charge in [0.2, 0.25) is 0 Å². The first-order chi connectivity index (χ1) is 9.54. The van der Waals surface area contributed by atoms with Gasteiger partial charge in [-0.15, -0.1) is 0 Å². The predicted molar refractivity (Wildman–Crippen MR) is 81.7 cm³/mol. The van der Waals surface area contributed by atoms with E-state index in [9.17, 15) is 4.79 Å². The lowest BCUT2D eigenvalue weighted by atomic mass is 10.2.